The summed E-state index contributed by atoms with van der Waals surface area (Å²) in [5.74, 6) is -1.34. The van der Waals surface area contributed by atoms with Crippen molar-refractivity contribution >= 4 is 23.6 Å². The van der Waals surface area contributed by atoms with Gasteiger partial charge in [0.15, 0.2) is 0 Å². The Hall–Kier alpha value is -3.88. The largest absolute Gasteiger partial charge is 0.508 e. The molecule has 4 amide bonds. The molecule has 9 heteroatoms. The van der Waals surface area contributed by atoms with Gasteiger partial charge in [-0.3, -0.25) is 19.2 Å². The van der Waals surface area contributed by atoms with Gasteiger partial charge in [0.2, 0.25) is 23.6 Å². The van der Waals surface area contributed by atoms with Crippen molar-refractivity contribution in [3.8, 4) is 5.75 Å². The van der Waals surface area contributed by atoms with Crippen molar-refractivity contribution in [2.24, 2.45) is 11.8 Å². The van der Waals surface area contributed by atoms with Crippen molar-refractivity contribution in [2.75, 3.05) is 14.1 Å². The Morgan fingerprint density at radius 3 is 1.44 bits per heavy atom. The molecule has 3 rings (SSSR count). The van der Waals surface area contributed by atoms with Gasteiger partial charge in [-0.15, -0.1) is 0 Å². The van der Waals surface area contributed by atoms with Gasteiger partial charge in [-0.05, 0) is 47.9 Å². The molecule has 0 unspecified atom stereocenters. The van der Waals surface area contributed by atoms with E-state index in [9.17, 15) is 24.3 Å². The number of benzene rings is 2. The molecule has 0 bridgehead atoms. The Bertz CT molecular complexity index is 1190. The second-order valence-electron chi connectivity index (χ2n) is 11.9. The number of phenolic OH excluding ortho intramolecular Hbond substituents is 1. The number of hydrogen-bond donors (Lipinski definition) is 3. The third kappa shape index (κ3) is 8.55. The maximum absolute atomic E-state index is 14.0. The van der Waals surface area contributed by atoms with Gasteiger partial charge in [-0.25, -0.2) is 0 Å². The van der Waals surface area contributed by atoms with Crippen LogP contribution in [0.2, 0.25) is 0 Å². The van der Waals surface area contributed by atoms with Gasteiger partial charge in [-0.1, -0.05) is 70.2 Å². The van der Waals surface area contributed by atoms with Crippen LogP contribution in [0, 0.1) is 11.8 Å². The lowest BCUT2D eigenvalue weighted by molar-refractivity contribution is -0.148. The molecule has 1 fully saturated rings. The van der Waals surface area contributed by atoms with Crippen molar-refractivity contribution in [1.29, 1.82) is 0 Å². The van der Waals surface area contributed by atoms with Crippen molar-refractivity contribution < 1.29 is 24.3 Å². The molecule has 1 saturated heterocycles. The number of likely N-dealkylation sites (N-methyl/N-ethyl adjacent to an activating group) is 2. The first-order valence-electron chi connectivity index (χ1n) is 14.3. The first-order chi connectivity index (χ1) is 19.4. The standard InChI is InChI=1S/C32H44N4O5/c1-20(2)16-27-29(38)33-25(18-22-10-8-7-9-11-22)31(40)35(5)28(17-21(3)4)30(39)34-26(32(41)36(27)6)19-23-12-14-24(37)15-13-23/h7-15,20-21,25-28,37H,16-19H2,1-6H3,(H,33,38)(H,34,39)/t25-,26-,27-,28-/m0/s1. The average Bonchev–Trinajstić information content (AvgIpc) is 2.93. The Morgan fingerprint density at radius 2 is 1.05 bits per heavy atom. The highest BCUT2D eigenvalue weighted by Crippen LogP contribution is 2.20. The molecule has 1 aliphatic rings. The second kappa shape index (κ2) is 14.1. The summed E-state index contributed by atoms with van der Waals surface area (Å²) in [4.78, 5) is 58.4. The molecular weight excluding hydrogens is 520 g/mol. The van der Waals surface area contributed by atoms with Crippen LogP contribution >= 0.6 is 0 Å². The maximum Gasteiger partial charge on any atom is 0.245 e. The molecule has 2 aromatic rings. The Morgan fingerprint density at radius 1 is 0.659 bits per heavy atom. The minimum Gasteiger partial charge on any atom is -0.508 e. The SMILES string of the molecule is CC(C)C[C@H]1C(=O)N[C@@H](Cc2ccc(O)cc2)C(=O)N(C)[C@@H](CC(C)C)C(=O)N[C@@H](Cc2ccccc2)C(=O)N1C. The molecular formula is C32H44N4O5. The number of nitrogens with one attached hydrogen (secondary N) is 2. The van der Waals surface area contributed by atoms with Gasteiger partial charge < -0.3 is 25.5 Å². The molecule has 1 aliphatic heterocycles. The lowest BCUT2D eigenvalue weighted by atomic mass is 9.96. The van der Waals surface area contributed by atoms with E-state index in [1.807, 2.05) is 58.0 Å². The van der Waals surface area contributed by atoms with E-state index in [0.29, 0.717) is 12.8 Å². The highest BCUT2D eigenvalue weighted by molar-refractivity contribution is 5.97. The summed E-state index contributed by atoms with van der Waals surface area (Å²) < 4.78 is 0. The number of carbonyl (C=O) groups is 4. The predicted molar refractivity (Wildman–Crippen MR) is 158 cm³/mol. The van der Waals surface area contributed by atoms with Crippen LogP contribution in [-0.2, 0) is 32.0 Å². The number of rotatable bonds is 8. The molecule has 0 saturated carbocycles. The van der Waals surface area contributed by atoms with Gasteiger partial charge in [0.1, 0.15) is 29.9 Å². The molecule has 222 valence electrons. The van der Waals surface area contributed by atoms with E-state index in [0.717, 1.165) is 11.1 Å². The number of aromatic hydroxyl groups is 1. The van der Waals surface area contributed by atoms with Crippen LogP contribution in [0.1, 0.15) is 51.7 Å². The van der Waals surface area contributed by atoms with Crippen LogP contribution in [0.5, 0.6) is 5.75 Å². The molecule has 0 aliphatic carbocycles. The van der Waals surface area contributed by atoms with Crippen LogP contribution in [0.4, 0.5) is 0 Å². The highest BCUT2D eigenvalue weighted by Gasteiger charge is 2.39. The fourth-order valence-electron chi connectivity index (χ4n) is 5.23. The third-order valence-corrected chi connectivity index (χ3v) is 7.51. The normalized spacial score (nSPS) is 22.8. The Balaban J connectivity index is 2.07. The fraction of sp³-hybridized carbons (Fsp3) is 0.500. The molecule has 2 aromatic carbocycles. The number of nitrogens with zero attached hydrogens (tertiary/aromatic N) is 2. The zero-order valence-corrected chi connectivity index (χ0v) is 25.0. The van der Waals surface area contributed by atoms with Crippen LogP contribution in [-0.4, -0.2) is 76.8 Å². The van der Waals surface area contributed by atoms with E-state index in [-0.39, 0.29) is 36.3 Å². The predicted octanol–water partition coefficient (Wildman–Crippen LogP) is 2.91. The molecule has 0 spiro atoms. The minimum atomic E-state index is -0.975. The lowest BCUT2D eigenvalue weighted by Gasteiger charge is -2.37. The maximum atomic E-state index is 14.0. The monoisotopic (exact) mass is 564 g/mol. The summed E-state index contributed by atoms with van der Waals surface area (Å²) in [7, 11) is 3.15. The van der Waals surface area contributed by atoms with E-state index in [4.69, 9.17) is 0 Å². The summed E-state index contributed by atoms with van der Waals surface area (Å²) in [5.41, 5.74) is 1.61. The van der Waals surface area contributed by atoms with Crippen molar-refractivity contribution in [3.63, 3.8) is 0 Å². The Kier molecular flexibility index (Phi) is 10.9. The smallest absolute Gasteiger partial charge is 0.245 e. The summed E-state index contributed by atoms with van der Waals surface area (Å²) in [5, 5.41) is 15.6. The van der Waals surface area contributed by atoms with E-state index >= 15 is 0 Å². The van der Waals surface area contributed by atoms with E-state index in [1.54, 1.807) is 26.2 Å². The average molecular weight is 565 g/mol. The van der Waals surface area contributed by atoms with Gasteiger partial charge in [0.05, 0.1) is 0 Å². The Labute approximate surface area is 243 Å². The number of carbonyl (C=O) groups excluding carboxylic acids is 4. The zero-order chi connectivity index (χ0) is 30.3. The van der Waals surface area contributed by atoms with Gasteiger partial charge in [-0.2, -0.15) is 0 Å². The van der Waals surface area contributed by atoms with E-state index in [1.165, 1.54) is 21.9 Å². The summed E-state index contributed by atoms with van der Waals surface area (Å²) >= 11 is 0. The highest BCUT2D eigenvalue weighted by atomic mass is 16.3. The second-order valence-corrected chi connectivity index (χ2v) is 11.9. The van der Waals surface area contributed by atoms with E-state index < -0.39 is 41.9 Å². The molecule has 1 heterocycles. The van der Waals surface area contributed by atoms with Crippen molar-refractivity contribution in [1.82, 2.24) is 20.4 Å². The van der Waals surface area contributed by atoms with Crippen molar-refractivity contribution in [3.05, 3.63) is 65.7 Å². The first-order valence-corrected chi connectivity index (χ1v) is 14.3. The van der Waals surface area contributed by atoms with Gasteiger partial charge in [0.25, 0.3) is 0 Å². The number of phenols is 1. The minimum absolute atomic E-state index is 0.0837. The van der Waals surface area contributed by atoms with Gasteiger partial charge in [0, 0.05) is 26.9 Å². The van der Waals surface area contributed by atoms with Crippen LogP contribution in [0.15, 0.2) is 54.6 Å². The molecule has 0 aromatic heterocycles. The van der Waals surface area contributed by atoms with E-state index in [2.05, 4.69) is 10.6 Å². The first kappa shape index (κ1) is 31.6. The quantitative estimate of drug-likeness (QED) is 0.456. The summed E-state index contributed by atoms with van der Waals surface area (Å²) in [6.07, 6.45) is 1.17. The fourth-order valence-corrected chi connectivity index (χ4v) is 5.23. The van der Waals surface area contributed by atoms with Crippen LogP contribution in [0.3, 0.4) is 0 Å². The number of hydrogen-bond acceptors (Lipinski definition) is 5. The van der Waals surface area contributed by atoms with Crippen LogP contribution in [0.25, 0.3) is 0 Å². The summed E-state index contributed by atoms with van der Waals surface area (Å²) in [6.45, 7) is 7.87. The van der Waals surface area contributed by atoms with Crippen molar-refractivity contribution in [2.45, 2.75) is 77.5 Å². The van der Waals surface area contributed by atoms with Crippen LogP contribution < -0.4 is 10.6 Å². The molecule has 9 nitrogen and oxygen atoms in total. The summed E-state index contributed by atoms with van der Waals surface area (Å²) in [6, 6.07) is 12.3. The third-order valence-electron chi connectivity index (χ3n) is 7.51. The molecule has 3 N–H and O–H groups in total. The molecule has 0 radical (unpaired) electrons. The number of amides is 4. The van der Waals surface area contributed by atoms with Gasteiger partial charge >= 0.3 is 0 Å². The molecule has 4 atom stereocenters. The molecule has 41 heavy (non-hydrogen) atoms. The topological polar surface area (TPSA) is 119 Å². The lowest BCUT2D eigenvalue weighted by Crippen LogP contribution is -2.62. The zero-order valence-electron chi connectivity index (χ0n) is 25.0.